The molecule has 1 unspecified atom stereocenters. The summed E-state index contributed by atoms with van der Waals surface area (Å²) in [6.07, 6.45) is 1.68. The minimum atomic E-state index is -0.476. The second-order valence-electron chi connectivity index (χ2n) is 5.95. The number of nitrogens with zero attached hydrogens (tertiary/aromatic N) is 3. The zero-order chi connectivity index (χ0) is 16.4. The molecule has 3 heterocycles. The van der Waals surface area contributed by atoms with E-state index in [4.69, 9.17) is 0 Å². The van der Waals surface area contributed by atoms with E-state index in [1.54, 1.807) is 27.1 Å². The summed E-state index contributed by atoms with van der Waals surface area (Å²) in [5.41, 5.74) is 0.890. The first-order chi connectivity index (χ1) is 11.1. The molecule has 1 aliphatic rings. The van der Waals surface area contributed by atoms with Gasteiger partial charge in [-0.3, -0.25) is 14.3 Å². The van der Waals surface area contributed by atoms with Gasteiger partial charge in [0.2, 0.25) is 11.8 Å². The number of fused-ring (bicyclic) bond motifs is 1. The first kappa shape index (κ1) is 15.7. The van der Waals surface area contributed by atoms with Gasteiger partial charge in [-0.05, 0) is 17.5 Å². The number of hydrogen-bond acceptors (Lipinski definition) is 4. The third-order valence-electron chi connectivity index (χ3n) is 3.92. The maximum absolute atomic E-state index is 12.6. The third-order valence-corrected chi connectivity index (χ3v) is 4.80. The highest BCUT2D eigenvalue weighted by atomic mass is 32.1. The monoisotopic (exact) mass is 332 g/mol. The van der Waals surface area contributed by atoms with E-state index in [2.05, 4.69) is 10.4 Å². The SMILES string of the molecule is CC(C)C(=O)N1Cc2ccnn2C(C(=O)NCc2cccs2)C1. The molecule has 0 saturated heterocycles. The lowest BCUT2D eigenvalue weighted by molar-refractivity contribution is -0.138. The van der Waals surface area contributed by atoms with E-state index in [0.717, 1.165) is 10.6 Å². The van der Waals surface area contributed by atoms with Crippen LogP contribution in [-0.4, -0.2) is 33.0 Å². The van der Waals surface area contributed by atoms with Crippen LogP contribution in [-0.2, 0) is 22.7 Å². The van der Waals surface area contributed by atoms with Gasteiger partial charge in [0.1, 0.15) is 6.04 Å². The number of carbonyl (C=O) groups excluding carboxylic acids is 2. The summed E-state index contributed by atoms with van der Waals surface area (Å²) >= 11 is 1.61. The van der Waals surface area contributed by atoms with Crippen LogP contribution < -0.4 is 5.32 Å². The Morgan fingerprint density at radius 1 is 1.43 bits per heavy atom. The lowest BCUT2D eigenvalue weighted by Crippen LogP contribution is -2.47. The van der Waals surface area contributed by atoms with Crippen LogP contribution in [0.4, 0.5) is 0 Å². The summed E-state index contributed by atoms with van der Waals surface area (Å²) in [5.74, 6) is -0.127. The van der Waals surface area contributed by atoms with E-state index < -0.39 is 6.04 Å². The fourth-order valence-corrected chi connectivity index (χ4v) is 3.37. The second kappa shape index (κ2) is 6.54. The predicted octanol–water partition coefficient (Wildman–Crippen LogP) is 1.80. The van der Waals surface area contributed by atoms with Crippen LogP contribution >= 0.6 is 11.3 Å². The zero-order valence-electron chi connectivity index (χ0n) is 13.2. The molecule has 2 aromatic rings. The molecule has 0 aromatic carbocycles. The molecule has 0 aliphatic carbocycles. The number of thiophene rings is 1. The van der Waals surface area contributed by atoms with Crippen LogP contribution in [0, 0.1) is 5.92 Å². The van der Waals surface area contributed by atoms with Gasteiger partial charge in [0.25, 0.3) is 0 Å². The molecule has 1 aliphatic heterocycles. The van der Waals surface area contributed by atoms with Gasteiger partial charge in [-0.2, -0.15) is 5.10 Å². The van der Waals surface area contributed by atoms with Crippen molar-refractivity contribution in [2.75, 3.05) is 6.54 Å². The highest BCUT2D eigenvalue weighted by molar-refractivity contribution is 7.09. The maximum atomic E-state index is 12.6. The number of amides is 2. The van der Waals surface area contributed by atoms with E-state index in [0.29, 0.717) is 19.6 Å². The minimum absolute atomic E-state index is 0.0634. The van der Waals surface area contributed by atoms with Crippen LogP contribution in [0.1, 0.15) is 30.5 Å². The minimum Gasteiger partial charge on any atom is -0.349 e. The molecule has 1 N–H and O–H groups in total. The molecule has 0 spiro atoms. The highest BCUT2D eigenvalue weighted by Gasteiger charge is 2.33. The molecule has 2 amide bonds. The van der Waals surface area contributed by atoms with Gasteiger partial charge < -0.3 is 10.2 Å². The van der Waals surface area contributed by atoms with Crippen molar-refractivity contribution in [1.82, 2.24) is 20.0 Å². The Labute approximate surface area is 139 Å². The molecule has 0 fully saturated rings. The van der Waals surface area contributed by atoms with E-state index in [-0.39, 0.29) is 17.7 Å². The highest BCUT2D eigenvalue weighted by Crippen LogP contribution is 2.22. The topological polar surface area (TPSA) is 67.2 Å². The van der Waals surface area contributed by atoms with Crippen molar-refractivity contribution < 1.29 is 9.59 Å². The number of aromatic nitrogens is 2. The van der Waals surface area contributed by atoms with Crippen molar-refractivity contribution in [3.63, 3.8) is 0 Å². The van der Waals surface area contributed by atoms with Gasteiger partial charge in [-0.1, -0.05) is 19.9 Å². The van der Waals surface area contributed by atoms with Crippen molar-refractivity contribution >= 4 is 23.2 Å². The van der Waals surface area contributed by atoms with Crippen LogP contribution in [0.25, 0.3) is 0 Å². The molecular weight excluding hydrogens is 312 g/mol. The van der Waals surface area contributed by atoms with Crippen LogP contribution in [0.3, 0.4) is 0 Å². The Morgan fingerprint density at radius 2 is 2.26 bits per heavy atom. The predicted molar refractivity (Wildman–Crippen MR) is 87.7 cm³/mol. The average Bonchev–Trinajstić information content (AvgIpc) is 3.21. The van der Waals surface area contributed by atoms with Gasteiger partial charge in [0.05, 0.1) is 25.3 Å². The second-order valence-corrected chi connectivity index (χ2v) is 6.99. The van der Waals surface area contributed by atoms with Gasteiger partial charge in [0.15, 0.2) is 0 Å². The van der Waals surface area contributed by atoms with E-state index in [9.17, 15) is 9.59 Å². The fraction of sp³-hybridized carbons (Fsp3) is 0.438. The van der Waals surface area contributed by atoms with Crippen molar-refractivity contribution in [2.24, 2.45) is 5.92 Å². The van der Waals surface area contributed by atoms with Crippen molar-refractivity contribution in [2.45, 2.75) is 33.0 Å². The molecule has 0 saturated carbocycles. The summed E-state index contributed by atoms with van der Waals surface area (Å²) in [4.78, 5) is 27.7. The smallest absolute Gasteiger partial charge is 0.247 e. The molecule has 2 aromatic heterocycles. The fourth-order valence-electron chi connectivity index (χ4n) is 2.73. The summed E-state index contributed by atoms with van der Waals surface area (Å²) in [6, 6.07) is 5.33. The zero-order valence-corrected chi connectivity index (χ0v) is 14.0. The van der Waals surface area contributed by atoms with Crippen molar-refractivity contribution in [3.8, 4) is 0 Å². The Morgan fingerprint density at radius 3 is 2.96 bits per heavy atom. The summed E-state index contributed by atoms with van der Waals surface area (Å²) in [6.45, 7) is 5.12. The first-order valence-corrected chi connectivity index (χ1v) is 8.55. The molecule has 6 nitrogen and oxygen atoms in total. The number of hydrogen-bond donors (Lipinski definition) is 1. The molecule has 1 atom stereocenters. The van der Waals surface area contributed by atoms with Gasteiger partial charge in [0, 0.05) is 17.0 Å². The summed E-state index contributed by atoms with van der Waals surface area (Å²) < 4.78 is 1.73. The Hall–Kier alpha value is -2.15. The standard InChI is InChI=1S/C16H20N4O2S/c1-11(2)16(22)19-9-12-5-6-18-20(12)14(10-19)15(21)17-8-13-4-3-7-23-13/h3-7,11,14H,8-10H2,1-2H3,(H,17,21). The molecule has 3 rings (SSSR count). The molecule has 0 radical (unpaired) electrons. The molecular formula is C16H20N4O2S. The normalized spacial score (nSPS) is 17.2. The summed E-state index contributed by atoms with van der Waals surface area (Å²) in [7, 11) is 0. The van der Waals surface area contributed by atoms with Crippen LogP contribution in [0.2, 0.25) is 0 Å². The van der Waals surface area contributed by atoms with Crippen LogP contribution in [0.5, 0.6) is 0 Å². The van der Waals surface area contributed by atoms with E-state index in [1.165, 1.54) is 0 Å². The number of nitrogens with one attached hydrogen (secondary N) is 1. The molecule has 23 heavy (non-hydrogen) atoms. The van der Waals surface area contributed by atoms with Gasteiger partial charge in [-0.15, -0.1) is 11.3 Å². The lowest BCUT2D eigenvalue weighted by atomic mass is 10.1. The quantitative estimate of drug-likeness (QED) is 0.928. The maximum Gasteiger partial charge on any atom is 0.247 e. The average molecular weight is 332 g/mol. The third kappa shape index (κ3) is 3.29. The Balaban J connectivity index is 1.74. The Bertz CT molecular complexity index is 693. The van der Waals surface area contributed by atoms with Crippen LogP contribution in [0.15, 0.2) is 29.8 Å². The largest absolute Gasteiger partial charge is 0.349 e. The number of carbonyl (C=O) groups is 2. The van der Waals surface area contributed by atoms with Crippen molar-refractivity contribution in [3.05, 3.63) is 40.3 Å². The summed E-state index contributed by atoms with van der Waals surface area (Å²) in [5, 5.41) is 9.19. The van der Waals surface area contributed by atoms with E-state index in [1.807, 2.05) is 37.4 Å². The lowest BCUT2D eigenvalue weighted by Gasteiger charge is -2.34. The first-order valence-electron chi connectivity index (χ1n) is 7.67. The van der Waals surface area contributed by atoms with E-state index >= 15 is 0 Å². The number of rotatable bonds is 4. The van der Waals surface area contributed by atoms with Gasteiger partial charge in [-0.25, -0.2) is 0 Å². The van der Waals surface area contributed by atoms with Crippen molar-refractivity contribution in [1.29, 1.82) is 0 Å². The molecule has 122 valence electrons. The van der Waals surface area contributed by atoms with Gasteiger partial charge >= 0.3 is 0 Å². The molecule has 0 bridgehead atoms. The molecule has 7 heteroatoms. The Kier molecular flexibility index (Phi) is 4.47.